The van der Waals surface area contributed by atoms with Gasteiger partial charge in [0, 0.05) is 11.9 Å². The van der Waals surface area contributed by atoms with E-state index in [4.69, 9.17) is 5.73 Å². The average molecular weight is 166 g/mol. The number of nitrogens with zero attached hydrogens (tertiary/aromatic N) is 1. The van der Waals surface area contributed by atoms with Crippen LogP contribution in [0, 0.1) is 6.92 Å². The van der Waals surface area contributed by atoms with Crippen LogP contribution >= 0.6 is 0 Å². The first-order valence-electron chi connectivity index (χ1n) is 4.04. The quantitative estimate of drug-likeness (QED) is 0.697. The fourth-order valence-corrected chi connectivity index (χ4v) is 1.00. The molecular weight excluding hydrogens is 152 g/mol. The first kappa shape index (κ1) is 9.16. The summed E-state index contributed by atoms with van der Waals surface area (Å²) in [6.45, 7) is 2.41. The molecule has 0 saturated carbocycles. The first-order chi connectivity index (χ1) is 5.74. The van der Waals surface area contributed by atoms with Crippen molar-refractivity contribution in [3.05, 3.63) is 29.6 Å². The molecule has 0 aliphatic carbocycles. The topological polar surface area (TPSA) is 59.1 Å². The SMILES string of the molecule is Cc1ccc([C@@H](O)CCN)cn1. The van der Waals surface area contributed by atoms with Crippen LogP contribution in [0.1, 0.15) is 23.8 Å². The zero-order valence-corrected chi connectivity index (χ0v) is 7.20. The Balaban J connectivity index is 2.68. The van der Waals surface area contributed by atoms with Crippen molar-refractivity contribution in [3.63, 3.8) is 0 Å². The Morgan fingerprint density at radius 1 is 1.58 bits per heavy atom. The van der Waals surface area contributed by atoms with E-state index in [1.54, 1.807) is 6.20 Å². The Morgan fingerprint density at radius 2 is 2.33 bits per heavy atom. The highest BCUT2D eigenvalue weighted by molar-refractivity contribution is 5.15. The second-order valence-electron chi connectivity index (χ2n) is 2.83. The predicted molar refractivity (Wildman–Crippen MR) is 47.6 cm³/mol. The van der Waals surface area contributed by atoms with Gasteiger partial charge in [-0.15, -0.1) is 0 Å². The smallest absolute Gasteiger partial charge is 0.0816 e. The van der Waals surface area contributed by atoms with Gasteiger partial charge < -0.3 is 10.8 Å². The van der Waals surface area contributed by atoms with Crippen LogP contribution in [0.2, 0.25) is 0 Å². The zero-order chi connectivity index (χ0) is 8.97. The summed E-state index contributed by atoms with van der Waals surface area (Å²) in [6, 6.07) is 3.76. The summed E-state index contributed by atoms with van der Waals surface area (Å²) < 4.78 is 0. The van der Waals surface area contributed by atoms with Crippen molar-refractivity contribution in [2.45, 2.75) is 19.4 Å². The number of aliphatic hydroxyl groups is 1. The van der Waals surface area contributed by atoms with E-state index >= 15 is 0 Å². The van der Waals surface area contributed by atoms with Gasteiger partial charge in [-0.3, -0.25) is 4.98 Å². The molecule has 0 aliphatic rings. The largest absolute Gasteiger partial charge is 0.388 e. The number of hydrogen-bond acceptors (Lipinski definition) is 3. The normalized spacial score (nSPS) is 12.9. The molecule has 1 rings (SSSR count). The van der Waals surface area contributed by atoms with Crippen molar-refractivity contribution >= 4 is 0 Å². The molecule has 3 heteroatoms. The second kappa shape index (κ2) is 4.18. The number of aliphatic hydroxyl groups excluding tert-OH is 1. The maximum Gasteiger partial charge on any atom is 0.0816 e. The average Bonchev–Trinajstić information content (AvgIpc) is 2.06. The molecule has 66 valence electrons. The standard InChI is InChI=1S/C9H14N2O/c1-7-2-3-8(6-11-7)9(12)4-5-10/h2-3,6,9,12H,4-5,10H2,1H3/t9-/m0/s1. The number of rotatable bonds is 3. The minimum atomic E-state index is -0.469. The van der Waals surface area contributed by atoms with Gasteiger partial charge in [0.05, 0.1) is 6.10 Å². The van der Waals surface area contributed by atoms with Crippen molar-refractivity contribution in [2.24, 2.45) is 5.73 Å². The van der Waals surface area contributed by atoms with E-state index in [0.29, 0.717) is 13.0 Å². The molecule has 0 saturated heterocycles. The van der Waals surface area contributed by atoms with Gasteiger partial charge in [-0.2, -0.15) is 0 Å². The molecular formula is C9H14N2O. The number of aromatic nitrogens is 1. The summed E-state index contributed by atoms with van der Waals surface area (Å²) in [7, 11) is 0. The maximum absolute atomic E-state index is 9.49. The number of aryl methyl sites for hydroxylation is 1. The molecule has 0 fully saturated rings. The molecule has 3 N–H and O–H groups in total. The minimum Gasteiger partial charge on any atom is -0.388 e. The third-order valence-corrected chi connectivity index (χ3v) is 1.76. The van der Waals surface area contributed by atoms with E-state index in [9.17, 15) is 5.11 Å². The summed E-state index contributed by atoms with van der Waals surface area (Å²) in [5, 5.41) is 9.49. The fraction of sp³-hybridized carbons (Fsp3) is 0.444. The Labute approximate surface area is 72.2 Å². The van der Waals surface area contributed by atoms with Gasteiger partial charge in [0.2, 0.25) is 0 Å². The van der Waals surface area contributed by atoms with E-state index < -0.39 is 6.10 Å². The molecule has 0 aromatic carbocycles. The van der Waals surface area contributed by atoms with Crippen LogP contribution in [0.4, 0.5) is 0 Å². The zero-order valence-electron chi connectivity index (χ0n) is 7.20. The Kier molecular flexibility index (Phi) is 3.19. The highest BCUT2D eigenvalue weighted by Crippen LogP contribution is 2.14. The molecule has 0 amide bonds. The van der Waals surface area contributed by atoms with Gasteiger partial charge in [0.1, 0.15) is 0 Å². The molecule has 0 spiro atoms. The van der Waals surface area contributed by atoms with Crippen molar-refractivity contribution in [1.82, 2.24) is 4.98 Å². The third-order valence-electron chi connectivity index (χ3n) is 1.76. The summed E-state index contributed by atoms with van der Waals surface area (Å²) in [5.41, 5.74) is 7.11. The van der Waals surface area contributed by atoms with E-state index in [2.05, 4.69) is 4.98 Å². The van der Waals surface area contributed by atoms with E-state index in [1.165, 1.54) is 0 Å². The van der Waals surface area contributed by atoms with Crippen LogP contribution in [-0.4, -0.2) is 16.6 Å². The van der Waals surface area contributed by atoms with Crippen LogP contribution < -0.4 is 5.73 Å². The molecule has 1 aromatic heterocycles. The van der Waals surface area contributed by atoms with Crippen molar-refractivity contribution in [3.8, 4) is 0 Å². The van der Waals surface area contributed by atoms with Crippen LogP contribution in [0.5, 0.6) is 0 Å². The van der Waals surface area contributed by atoms with Crippen molar-refractivity contribution in [1.29, 1.82) is 0 Å². The molecule has 0 aliphatic heterocycles. The van der Waals surface area contributed by atoms with Gasteiger partial charge in [0.15, 0.2) is 0 Å². The van der Waals surface area contributed by atoms with Gasteiger partial charge in [-0.25, -0.2) is 0 Å². The van der Waals surface area contributed by atoms with E-state index in [1.807, 2.05) is 19.1 Å². The molecule has 0 unspecified atom stereocenters. The predicted octanol–water partition coefficient (Wildman–Crippen LogP) is 0.772. The van der Waals surface area contributed by atoms with Crippen LogP contribution in [0.3, 0.4) is 0 Å². The molecule has 12 heavy (non-hydrogen) atoms. The van der Waals surface area contributed by atoms with Crippen LogP contribution in [-0.2, 0) is 0 Å². The van der Waals surface area contributed by atoms with Crippen LogP contribution in [0.15, 0.2) is 18.3 Å². The molecule has 1 aromatic rings. The second-order valence-corrected chi connectivity index (χ2v) is 2.83. The molecule has 3 nitrogen and oxygen atoms in total. The van der Waals surface area contributed by atoms with Gasteiger partial charge in [-0.05, 0) is 31.5 Å². The first-order valence-corrected chi connectivity index (χ1v) is 4.04. The molecule has 1 heterocycles. The number of nitrogens with two attached hydrogens (primary N) is 1. The van der Waals surface area contributed by atoms with Gasteiger partial charge in [0.25, 0.3) is 0 Å². The van der Waals surface area contributed by atoms with Crippen molar-refractivity contribution < 1.29 is 5.11 Å². The van der Waals surface area contributed by atoms with E-state index in [-0.39, 0.29) is 0 Å². The lowest BCUT2D eigenvalue weighted by atomic mass is 10.1. The summed E-state index contributed by atoms with van der Waals surface area (Å²) >= 11 is 0. The fourth-order valence-electron chi connectivity index (χ4n) is 1.00. The molecule has 1 atom stereocenters. The highest BCUT2D eigenvalue weighted by Gasteiger charge is 2.05. The van der Waals surface area contributed by atoms with E-state index in [0.717, 1.165) is 11.3 Å². The lowest BCUT2D eigenvalue weighted by molar-refractivity contribution is 0.170. The summed E-state index contributed by atoms with van der Waals surface area (Å²) in [6.07, 6.45) is 1.81. The maximum atomic E-state index is 9.49. The summed E-state index contributed by atoms with van der Waals surface area (Å²) in [5.74, 6) is 0. The Morgan fingerprint density at radius 3 is 2.83 bits per heavy atom. The monoisotopic (exact) mass is 166 g/mol. The molecule has 0 radical (unpaired) electrons. The van der Waals surface area contributed by atoms with Gasteiger partial charge >= 0.3 is 0 Å². The number of pyridine rings is 1. The lowest BCUT2D eigenvalue weighted by Gasteiger charge is -2.08. The lowest BCUT2D eigenvalue weighted by Crippen LogP contribution is -2.06. The Hall–Kier alpha value is -0.930. The highest BCUT2D eigenvalue weighted by atomic mass is 16.3. The third kappa shape index (κ3) is 2.29. The Bertz CT molecular complexity index is 233. The molecule has 0 bridgehead atoms. The number of hydrogen-bond donors (Lipinski definition) is 2. The summed E-state index contributed by atoms with van der Waals surface area (Å²) in [4.78, 5) is 4.08. The van der Waals surface area contributed by atoms with Gasteiger partial charge in [-0.1, -0.05) is 6.07 Å². The van der Waals surface area contributed by atoms with Crippen molar-refractivity contribution in [2.75, 3.05) is 6.54 Å². The minimum absolute atomic E-state index is 0.469. The van der Waals surface area contributed by atoms with Crippen LogP contribution in [0.25, 0.3) is 0 Å².